The fraction of sp³-hybridized carbons (Fsp3) is 0.375. The first kappa shape index (κ1) is 15.5. The molecule has 0 spiro atoms. The van der Waals surface area contributed by atoms with Gasteiger partial charge in [0.25, 0.3) is 5.56 Å². The predicted octanol–water partition coefficient (Wildman–Crippen LogP) is 2.99. The van der Waals surface area contributed by atoms with E-state index in [1.807, 2.05) is 6.92 Å². The SMILES string of the molecule is CCC(C(=O)Nc1nccs1)n1cnc2sc3c(c2c1=O)CCC3. The minimum atomic E-state index is -0.588. The molecule has 3 aromatic rings. The van der Waals surface area contributed by atoms with Gasteiger partial charge in [-0.15, -0.1) is 22.7 Å². The van der Waals surface area contributed by atoms with E-state index < -0.39 is 6.04 Å². The summed E-state index contributed by atoms with van der Waals surface area (Å²) in [5, 5.41) is 5.82. The zero-order valence-electron chi connectivity index (χ0n) is 13.1. The van der Waals surface area contributed by atoms with Crippen molar-refractivity contribution >= 4 is 43.9 Å². The second-order valence-corrected chi connectivity index (χ2v) is 7.72. The van der Waals surface area contributed by atoms with Crippen LogP contribution in [0.3, 0.4) is 0 Å². The fourth-order valence-corrected chi connectivity index (χ4v) is 4.95. The first-order chi connectivity index (χ1) is 11.7. The number of rotatable bonds is 4. The fourth-order valence-electron chi connectivity index (χ4n) is 3.20. The maximum absolute atomic E-state index is 13.0. The summed E-state index contributed by atoms with van der Waals surface area (Å²) in [6, 6.07) is -0.588. The Bertz CT molecular complexity index is 959. The summed E-state index contributed by atoms with van der Waals surface area (Å²) in [4.78, 5) is 36.1. The third-order valence-corrected chi connectivity index (χ3v) is 6.23. The number of hydrogen-bond donors (Lipinski definition) is 1. The molecular weight excluding hydrogens is 344 g/mol. The average molecular weight is 360 g/mol. The molecule has 4 rings (SSSR count). The minimum absolute atomic E-state index is 0.111. The Morgan fingerprint density at radius 3 is 3.04 bits per heavy atom. The van der Waals surface area contributed by atoms with Gasteiger partial charge in [0.15, 0.2) is 5.13 Å². The van der Waals surface area contributed by atoms with E-state index in [1.54, 1.807) is 22.9 Å². The number of nitrogens with one attached hydrogen (secondary N) is 1. The van der Waals surface area contributed by atoms with Crippen LogP contribution in [0.2, 0.25) is 0 Å². The Morgan fingerprint density at radius 2 is 2.29 bits per heavy atom. The maximum Gasteiger partial charge on any atom is 0.263 e. The van der Waals surface area contributed by atoms with Gasteiger partial charge in [-0.1, -0.05) is 6.92 Å². The third kappa shape index (κ3) is 2.46. The quantitative estimate of drug-likeness (QED) is 0.776. The van der Waals surface area contributed by atoms with E-state index in [1.165, 1.54) is 27.1 Å². The van der Waals surface area contributed by atoms with Crippen molar-refractivity contribution in [3.8, 4) is 0 Å². The van der Waals surface area contributed by atoms with Crippen LogP contribution in [0.5, 0.6) is 0 Å². The lowest BCUT2D eigenvalue weighted by atomic mass is 10.1. The number of carbonyl (C=O) groups excluding carboxylic acids is 1. The zero-order valence-corrected chi connectivity index (χ0v) is 14.7. The number of thiophene rings is 1. The van der Waals surface area contributed by atoms with Crippen molar-refractivity contribution in [3.05, 3.63) is 38.7 Å². The highest BCUT2D eigenvalue weighted by Gasteiger charge is 2.25. The largest absolute Gasteiger partial charge is 0.300 e. The van der Waals surface area contributed by atoms with Crippen molar-refractivity contribution < 1.29 is 4.79 Å². The van der Waals surface area contributed by atoms with E-state index in [9.17, 15) is 9.59 Å². The smallest absolute Gasteiger partial charge is 0.263 e. The molecule has 0 aliphatic heterocycles. The molecule has 1 N–H and O–H groups in total. The zero-order chi connectivity index (χ0) is 16.7. The Morgan fingerprint density at radius 1 is 1.42 bits per heavy atom. The van der Waals surface area contributed by atoms with Gasteiger partial charge >= 0.3 is 0 Å². The molecular formula is C16H16N4O2S2. The van der Waals surface area contributed by atoms with Crippen LogP contribution in [0, 0.1) is 0 Å². The van der Waals surface area contributed by atoms with Crippen LogP contribution in [0.1, 0.15) is 36.2 Å². The summed E-state index contributed by atoms with van der Waals surface area (Å²) in [7, 11) is 0. The molecule has 3 aromatic heterocycles. The number of fused-ring (bicyclic) bond motifs is 3. The number of hydrogen-bond acceptors (Lipinski definition) is 6. The highest BCUT2D eigenvalue weighted by atomic mass is 32.1. The summed E-state index contributed by atoms with van der Waals surface area (Å²) in [6.07, 6.45) is 6.70. The van der Waals surface area contributed by atoms with Crippen LogP contribution in [0.25, 0.3) is 10.2 Å². The standard InChI is InChI=1S/C16H16N4O2S2/c1-2-10(13(21)19-16-17-6-7-23-16)20-8-18-14-12(15(20)22)9-4-3-5-11(9)24-14/h6-8,10H,2-5H2,1H3,(H,17,19,21). The second kappa shape index (κ2) is 6.10. The number of aryl methyl sites for hydroxylation is 2. The molecule has 24 heavy (non-hydrogen) atoms. The number of carbonyl (C=O) groups is 1. The lowest BCUT2D eigenvalue weighted by molar-refractivity contribution is -0.119. The molecule has 6 nitrogen and oxygen atoms in total. The molecule has 0 saturated heterocycles. The number of nitrogens with zero attached hydrogens (tertiary/aromatic N) is 3. The lowest BCUT2D eigenvalue weighted by Gasteiger charge is -2.16. The molecule has 0 aromatic carbocycles. The highest BCUT2D eigenvalue weighted by molar-refractivity contribution is 7.18. The molecule has 1 atom stereocenters. The van der Waals surface area contributed by atoms with Crippen molar-refractivity contribution in [1.29, 1.82) is 0 Å². The first-order valence-corrected chi connectivity index (χ1v) is 9.60. The molecule has 3 heterocycles. The summed E-state index contributed by atoms with van der Waals surface area (Å²) in [6.45, 7) is 1.89. The van der Waals surface area contributed by atoms with Gasteiger partial charge in [-0.3, -0.25) is 14.2 Å². The van der Waals surface area contributed by atoms with Gasteiger partial charge in [0, 0.05) is 16.5 Å². The average Bonchev–Trinajstić information content (AvgIpc) is 3.26. The molecule has 8 heteroatoms. The van der Waals surface area contributed by atoms with Gasteiger partial charge in [-0.25, -0.2) is 9.97 Å². The van der Waals surface area contributed by atoms with Crippen LogP contribution >= 0.6 is 22.7 Å². The van der Waals surface area contributed by atoms with E-state index in [0.717, 1.165) is 29.7 Å². The number of aromatic nitrogens is 3. The lowest BCUT2D eigenvalue weighted by Crippen LogP contribution is -2.33. The summed E-state index contributed by atoms with van der Waals surface area (Å²) in [5.74, 6) is -0.234. The maximum atomic E-state index is 13.0. The minimum Gasteiger partial charge on any atom is -0.300 e. The Balaban J connectivity index is 1.75. The van der Waals surface area contributed by atoms with Gasteiger partial charge in [-0.05, 0) is 31.2 Å². The van der Waals surface area contributed by atoms with Gasteiger partial charge < -0.3 is 5.32 Å². The first-order valence-electron chi connectivity index (χ1n) is 7.90. The number of thiazole rings is 1. The van der Waals surface area contributed by atoms with Crippen molar-refractivity contribution in [2.75, 3.05) is 5.32 Å². The van der Waals surface area contributed by atoms with E-state index in [2.05, 4.69) is 15.3 Å². The van der Waals surface area contributed by atoms with Crippen LogP contribution in [-0.4, -0.2) is 20.4 Å². The van der Waals surface area contributed by atoms with Crippen molar-refractivity contribution in [1.82, 2.24) is 14.5 Å². The van der Waals surface area contributed by atoms with Gasteiger partial charge in [0.05, 0.1) is 11.7 Å². The second-order valence-electron chi connectivity index (χ2n) is 5.75. The number of anilines is 1. The monoisotopic (exact) mass is 360 g/mol. The molecule has 0 radical (unpaired) electrons. The van der Waals surface area contributed by atoms with Crippen molar-refractivity contribution in [3.63, 3.8) is 0 Å². The summed E-state index contributed by atoms with van der Waals surface area (Å²) >= 11 is 2.96. The van der Waals surface area contributed by atoms with E-state index in [-0.39, 0.29) is 11.5 Å². The molecule has 1 amide bonds. The van der Waals surface area contributed by atoms with Crippen LogP contribution in [0.15, 0.2) is 22.7 Å². The Labute approximate surface area is 146 Å². The molecule has 1 aliphatic carbocycles. The summed E-state index contributed by atoms with van der Waals surface area (Å²) in [5.41, 5.74) is 1.03. The van der Waals surface area contributed by atoms with Gasteiger partial charge in [-0.2, -0.15) is 0 Å². The third-order valence-electron chi connectivity index (χ3n) is 4.34. The molecule has 124 valence electrons. The van der Waals surface area contributed by atoms with Crippen LogP contribution < -0.4 is 10.9 Å². The summed E-state index contributed by atoms with van der Waals surface area (Å²) < 4.78 is 1.47. The van der Waals surface area contributed by atoms with Gasteiger partial charge in [0.1, 0.15) is 10.9 Å². The van der Waals surface area contributed by atoms with E-state index >= 15 is 0 Å². The molecule has 1 aliphatic rings. The Kier molecular flexibility index (Phi) is 3.93. The Hall–Kier alpha value is -2.06. The highest BCUT2D eigenvalue weighted by Crippen LogP contribution is 2.34. The van der Waals surface area contributed by atoms with Crippen molar-refractivity contribution in [2.24, 2.45) is 0 Å². The number of amides is 1. The molecule has 1 unspecified atom stereocenters. The molecule has 0 bridgehead atoms. The van der Waals surface area contributed by atoms with E-state index in [0.29, 0.717) is 16.9 Å². The van der Waals surface area contributed by atoms with Crippen LogP contribution in [-0.2, 0) is 17.6 Å². The molecule has 0 saturated carbocycles. The van der Waals surface area contributed by atoms with Crippen molar-refractivity contribution in [2.45, 2.75) is 38.6 Å². The van der Waals surface area contributed by atoms with Gasteiger partial charge in [0.2, 0.25) is 5.91 Å². The van der Waals surface area contributed by atoms with E-state index in [4.69, 9.17) is 0 Å². The van der Waals surface area contributed by atoms with Crippen LogP contribution in [0.4, 0.5) is 5.13 Å². The molecule has 0 fully saturated rings. The predicted molar refractivity (Wildman–Crippen MR) is 96.0 cm³/mol. The topological polar surface area (TPSA) is 76.9 Å². The normalized spacial score (nSPS) is 14.7.